The third kappa shape index (κ3) is 15.9. The van der Waals surface area contributed by atoms with Crippen LogP contribution in [0.25, 0.3) is 0 Å². The Labute approximate surface area is 520 Å². The predicted octanol–water partition coefficient (Wildman–Crippen LogP) is 5.11. The number of fused-ring (bicyclic) bond motifs is 2. The minimum atomic E-state index is -1.96. The Hall–Kier alpha value is -2.44. The van der Waals surface area contributed by atoms with Crippen LogP contribution in [0, 0.1) is 40.1 Å². The second kappa shape index (κ2) is 31.8. The van der Waals surface area contributed by atoms with Crippen molar-refractivity contribution < 1.29 is 102 Å². The number of ether oxygens (including phenoxy) is 12. The number of methoxy groups -OCH3 is 5. The summed E-state index contributed by atoms with van der Waals surface area (Å²) in [5.74, 6) is 11.6. The molecule has 1 aromatic rings. The minimum absolute atomic E-state index is 0.0303. The molecule has 27 heteroatoms. The van der Waals surface area contributed by atoms with Crippen LogP contribution in [0.3, 0.4) is 0 Å². The minimum Gasteiger partial charge on any atom is -0.492 e. The molecule has 1 aromatic carbocycles. The van der Waals surface area contributed by atoms with E-state index >= 15 is 0 Å². The van der Waals surface area contributed by atoms with E-state index in [4.69, 9.17) is 61.7 Å². The molecule has 4 heterocycles. The highest BCUT2D eigenvalue weighted by Crippen LogP contribution is 2.49. The smallest absolute Gasteiger partial charge is 0.310 e. The molecule has 6 aliphatic rings. The number of aliphatic hydroxyl groups is 5. The van der Waals surface area contributed by atoms with Gasteiger partial charge in [0.05, 0.1) is 91.7 Å². The molecule has 4 fully saturated rings. The largest absolute Gasteiger partial charge is 0.492 e. The van der Waals surface area contributed by atoms with Gasteiger partial charge >= 0.3 is 5.97 Å². The molecule has 4 saturated heterocycles. The zero-order valence-electron chi connectivity index (χ0n) is 48.8. The standard InChI is InChI=1S/C57H78INO21S4/c1-12-17-31-26-73-39(24-37(31)68-6)78-51-46(64)44(28(3)75-56(51)77-36-18-15-13-14-16-20-57(67)25-35(61)32(22-38(62)69-7)42(36)33(57)19-21-82-84-81-11)59-80-40-23-34(60)53(30(5)74-40)83-54(66)41-27(2)43(58)49(52(72-10)48(41)70-8)79-55-47(65)50(71-9)45(63)29(4)76-55/h19,28-31,34,36-37,39-40,44-47,50-51,53,55-56,59-60,63-65,67H,12-14,17,21-26H2,1-11H3/b33-19+/t28?,29?,30?,31?,34?,36-,37?,39?,40?,44?,45?,46?,47?,50?,51?,53?,55?,56?,57-/m0/s1. The lowest BCUT2D eigenvalue weighted by molar-refractivity contribution is -0.337. The van der Waals surface area contributed by atoms with Crippen molar-refractivity contribution in [3.63, 3.8) is 0 Å². The van der Waals surface area contributed by atoms with Crippen molar-refractivity contribution in [3.8, 4) is 40.9 Å². The van der Waals surface area contributed by atoms with Gasteiger partial charge in [-0.25, -0.2) is 0 Å². The second-order valence-electron chi connectivity index (χ2n) is 20.9. The first kappa shape index (κ1) is 69.0. The lowest BCUT2D eigenvalue weighted by Crippen LogP contribution is -2.65. The van der Waals surface area contributed by atoms with Crippen molar-refractivity contribution >= 4 is 82.6 Å². The topological polar surface area (TPSA) is 284 Å². The number of hydrogen-bond donors (Lipinski definition) is 6. The number of Topliss-reactive ketones (excluding diaryl/α,β-unsaturated/α-hetero) is 1. The summed E-state index contributed by atoms with van der Waals surface area (Å²) in [5, 5.41) is 56.9. The van der Waals surface area contributed by atoms with E-state index in [9.17, 15) is 39.9 Å². The van der Waals surface area contributed by atoms with Gasteiger partial charge in [0.15, 0.2) is 41.8 Å². The normalized spacial score (nSPS) is 35.8. The average Bonchev–Trinajstić information content (AvgIpc) is 1.36. The summed E-state index contributed by atoms with van der Waals surface area (Å²) in [5.41, 5.74) is 1.98. The molecule has 7 rings (SSSR count). The molecule has 468 valence electrons. The van der Waals surface area contributed by atoms with Crippen molar-refractivity contribution in [2.75, 3.05) is 54.2 Å². The van der Waals surface area contributed by atoms with E-state index in [-0.39, 0.29) is 70.8 Å². The maximum absolute atomic E-state index is 14.4. The molecule has 0 spiro atoms. The Morgan fingerprint density at radius 3 is 2.26 bits per heavy atom. The maximum atomic E-state index is 14.4. The van der Waals surface area contributed by atoms with Crippen molar-refractivity contribution in [1.29, 1.82) is 0 Å². The second-order valence-corrected chi connectivity index (χ2v) is 27.5. The lowest BCUT2D eigenvalue weighted by Gasteiger charge is -2.46. The van der Waals surface area contributed by atoms with Crippen LogP contribution >= 0.6 is 65.8 Å². The van der Waals surface area contributed by atoms with Gasteiger partial charge in [-0.2, -0.15) is 5.48 Å². The number of ketones is 1. The van der Waals surface area contributed by atoms with Gasteiger partial charge in [-0.3, -0.25) is 19.2 Å². The molecule has 2 aliphatic carbocycles. The fraction of sp³-hybridized carbons (Fsp3) is 0.702. The summed E-state index contributed by atoms with van der Waals surface area (Å²) < 4.78 is 73.1. The molecule has 17 unspecified atom stereocenters. The average molecular weight is 1370 g/mol. The van der Waals surface area contributed by atoms with Crippen molar-refractivity contribution in [2.45, 2.75) is 195 Å². The maximum Gasteiger partial charge on any atom is 0.310 e. The van der Waals surface area contributed by atoms with Crippen LogP contribution in [0.5, 0.6) is 17.2 Å². The number of halogens is 1. The number of aliphatic hydroxyl groups excluding tert-OH is 4. The Bertz CT molecular complexity index is 2650. The van der Waals surface area contributed by atoms with Crippen LogP contribution in [0.4, 0.5) is 0 Å². The number of carbonyl (C=O) groups is 3. The number of benzene rings is 1. The van der Waals surface area contributed by atoms with E-state index in [2.05, 4.69) is 36.1 Å². The number of rotatable bonds is 23. The van der Waals surface area contributed by atoms with Crippen molar-refractivity contribution in [3.05, 3.63) is 37.5 Å². The Kier molecular flexibility index (Phi) is 26.2. The van der Waals surface area contributed by atoms with Crippen LogP contribution in [0.2, 0.25) is 0 Å². The van der Waals surface area contributed by atoms with Crippen LogP contribution < -0.4 is 19.7 Å². The lowest BCUT2D eigenvalue weighted by atomic mass is 9.72. The molecular weight excluding hydrogens is 1290 g/mol. The Morgan fingerprint density at radius 1 is 0.869 bits per heavy atom. The van der Waals surface area contributed by atoms with Gasteiger partial charge in [0, 0.05) is 68.3 Å². The Morgan fingerprint density at radius 2 is 1.60 bits per heavy atom. The number of nitrogens with one attached hydrogen (secondary N) is 1. The summed E-state index contributed by atoms with van der Waals surface area (Å²) in [4.78, 5) is 47.8. The van der Waals surface area contributed by atoms with E-state index in [1.54, 1.807) is 51.7 Å². The molecule has 0 saturated carbocycles. The van der Waals surface area contributed by atoms with Gasteiger partial charge in [-0.1, -0.05) is 76.5 Å². The van der Waals surface area contributed by atoms with Crippen LogP contribution in [-0.2, 0) is 57.1 Å². The van der Waals surface area contributed by atoms with E-state index < -0.39 is 133 Å². The Balaban J connectivity index is 1.12. The molecule has 6 N–H and O–H groups in total. The first-order valence-corrected chi connectivity index (χ1v) is 33.7. The number of carbonyl (C=O) groups excluding carboxylic acids is 3. The highest BCUT2D eigenvalue weighted by Gasteiger charge is 2.52. The van der Waals surface area contributed by atoms with Gasteiger partial charge < -0.3 is 82.4 Å². The zero-order chi connectivity index (χ0) is 61.2. The molecule has 84 heavy (non-hydrogen) atoms. The monoisotopic (exact) mass is 1370 g/mol. The van der Waals surface area contributed by atoms with Gasteiger partial charge in [0.1, 0.15) is 36.6 Å². The number of hydrogen-bond acceptors (Lipinski definition) is 26. The molecular formula is C57H78INO21S4. The predicted molar refractivity (Wildman–Crippen MR) is 322 cm³/mol. The summed E-state index contributed by atoms with van der Waals surface area (Å²) in [6, 6.07) is -1.05. The van der Waals surface area contributed by atoms with Crippen molar-refractivity contribution in [2.24, 2.45) is 5.92 Å². The number of esters is 1. The molecule has 0 aromatic heterocycles. The van der Waals surface area contributed by atoms with Crippen LogP contribution in [0.1, 0.15) is 95.0 Å². The first-order valence-electron chi connectivity index (χ1n) is 27.7. The van der Waals surface area contributed by atoms with Gasteiger partial charge in [-0.05, 0) is 78.4 Å². The third-order valence-electron chi connectivity index (χ3n) is 15.5. The van der Waals surface area contributed by atoms with Gasteiger partial charge in [0.25, 0.3) is 0 Å². The third-order valence-corrected chi connectivity index (χ3v) is 21.9. The van der Waals surface area contributed by atoms with Crippen LogP contribution in [-0.4, -0.2) is 206 Å². The fourth-order valence-corrected chi connectivity index (χ4v) is 15.3. The van der Waals surface area contributed by atoms with Crippen molar-refractivity contribution in [1.82, 2.24) is 5.48 Å². The zero-order valence-corrected chi connectivity index (χ0v) is 54.2. The highest BCUT2D eigenvalue weighted by molar-refractivity contribution is 14.1. The van der Waals surface area contributed by atoms with Gasteiger partial charge in [-0.15, -0.1) is 0 Å². The van der Waals surface area contributed by atoms with E-state index in [1.165, 1.54) is 49.1 Å². The molecule has 2 bridgehead atoms. The summed E-state index contributed by atoms with van der Waals surface area (Å²) in [6.07, 6.45) is -11.0. The van der Waals surface area contributed by atoms with E-state index in [0.717, 1.165) is 24.6 Å². The number of hydroxylamine groups is 1. The molecule has 0 radical (unpaired) electrons. The van der Waals surface area contributed by atoms with E-state index in [0.29, 0.717) is 27.9 Å². The first-order chi connectivity index (χ1) is 40.2. The summed E-state index contributed by atoms with van der Waals surface area (Å²) in [6.45, 7) is 9.07. The van der Waals surface area contributed by atoms with E-state index in [1.807, 2.05) is 28.8 Å². The quantitative estimate of drug-likeness (QED) is 0.0207. The molecule has 0 amide bonds. The van der Waals surface area contributed by atoms with Gasteiger partial charge in [0.2, 0.25) is 17.2 Å². The molecule has 4 aliphatic heterocycles. The highest BCUT2D eigenvalue weighted by atomic mass is 127. The molecule has 19 atom stereocenters. The summed E-state index contributed by atoms with van der Waals surface area (Å²) >= 11 is 2.84. The summed E-state index contributed by atoms with van der Waals surface area (Å²) in [7, 11) is 11.5. The fourth-order valence-electron chi connectivity index (χ4n) is 11.1. The SMILES string of the molecule is CCCC1COC(OC2C(O[C@H]3C#CCCC#C[C@]4(O)CC(=O)C(CC(=O)OC)=C3/C4=C\CSSSC)OC(C)C(NOC3CC(O)C(SC(=O)c4c(C)c(I)c(OC5OC(C)C(O)C(OC)C5O)c(OC)c4OC)C(C)O3)C2O)CC1OC. The molecule has 22 nitrogen and oxygen atoms in total. The number of thioether (sulfide) groups is 1. The van der Waals surface area contributed by atoms with Crippen LogP contribution in [0.15, 0.2) is 22.8 Å².